The molecule has 8 heteroatoms. The molecule has 0 saturated carbocycles. The third-order valence-electron chi connectivity index (χ3n) is 3.83. The molecule has 1 amide bonds. The SMILES string of the molecule is CCC(C)NC(=O)c1sc(NS(=O)(=O)c2ccc(C)cc2C)nc1C. The van der Waals surface area contributed by atoms with Crippen molar-refractivity contribution in [2.75, 3.05) is 4.72 Å². The minimum absolute atomic E-state index is 0.0457. The lowest BCUT2D eigenvalue weighted by atomic mass is 10.2. The first kappa shape index (κ1) is 19.4. The predicted octanol–water partition coefficient (Wildman–Crippen LogP) is 3.40. The molecule has 0 radical (unpaired) electrons. The highest BCUT2D eigenvalue weighted by atomic mass is 32.2. The van der Waals surface area contributed by atoms with Crippen molar-refractivity contribution in [3.8, 4) is 0 Å². The fourth-order valence-corrected chi connectivity index (χ4v) is 4.65. The lowest BCUT2D eigenvalue weighted by Crippen LogP contribution is -2.31. The number of amides is 1. The van der Waals surface area contributed by atoms with E-state index in [4.69, 9.17) is 0 Å². The number of aryl methyl sites for hydroxylation is 3. The highest BCUT2D eigenvalue weighted by Gasteiger charge is 2.22. The van der Waals surface area contributed by atoms with Crippen molar-refractivity contribution in [3.05, 3.63) is 39.9 Å². The molecule has 25 heavy (non-hydrogen) atoms. The van der Waals surface area contributed by atoms with Gasteiger partial charge in [0.2, 0.25) is 0 Å². The van der Waals surface area contributed by atoms with Gasteiger partial charge in [0, 0.05) is 6.04 Å². The standard InChI is InChI=1S/C17H23N3O3S2/c1-6-12(4)18-16(21)15-13(5)19-17(24-15)20-25(22,23)14-8-7-10(2)9-11(14)3/h7-9,12H,6H2,1-5H3,(H,18,21)(H,19,20). The summed E-state index contributed by atoms with van der Waals surface area (Å²) in [5.74, 6) is -0.235. The molecule has 136 valence electrons. The molecular weight excluding hydrogens is 358 g/mol. The van der Waals surface area contributed by atoms with Crippen LogP contribution in [0.1, 0.15) is 46.8 Å². The number of hydrogen-bond donors (Lipinski definition) is 2. The quantitative estimate of drug-likeness (QED) is 0.803. The molecule has 1 heterocycles. The molecule has 2 rings (SSSR count). The van der Waals surface area contributed by atoms with Crippen LogP contribution in [-0.4, -0.2) is 25.4 Å². The summed E-state index contributed by atoms with van der Waals surface area (Å²) < 4.78 is 27.7. The zero-order chi connectivity index (χ0) is 18.8. The first-order chi connectivity index (χ1) is 11.6. The number of rotatable bonds is 6. The van der Waals surface area contributed by atoms with Gasteiger partial charge < -0.3 is 5.32 Å². The van der Waals surface area contributed by atoms with Crippen LogP contribution in [0.2, 0.25) is 0 Å². The molecular formula is C17H23N3O3S2. The molecule has 0 spiro atoms. The van der Waals surface area contributed by atoms with Gasteiger partial charge in [-0.1, -0.05) is 36.0 Å². The van der Waals surface area contributed by atoms with Gasteiger partial charge in [0.25, 0.3) is 15.9 Å². The Morgan fingerprint density at radius 1 is 1.28 bits per heavy atom. The Morgan fingerprint density at radius 2 is 1.96 bits per heavy atom. The molecule has 0 saturated heterocycles. The van der Waals surface area contributed by atoms with E-state index in [1.807, 2.05) is 26.8 Å². The van der Waals surface area contributed by atoms with Crippen molar-refractivity contribution in [1.82, 2.24) is 10.3 Å². The number of nitrogens with one attached hydrogen (secondary N) is 2. The smallest absolute Gasteiger partial charge is 0.263 e. The Bertz CT molecular complexity index is 889. The summed E-state index contributed by atoms with van der Waals surface area (Å²) in [4.78, 5) is 17.1. The van der Waals surface area contributed by atoms with Crippen LogP contribution in [0.4, 0.5) is 5.13 Å². The summed E-state index contributed by atoms with van der Waals surface area (Å²) in [7, 11) is -3.75. The fourth-order valence-electron chi connectivity index (χ4n) is 2.31. The monoisotopic (exact) mass is 381 g/mol. The number of carbonyl (C=O) groups is 1. The Morgan fingerprint density at radius 3 is 2.56 bits per heavy atom. The molecule has 0 aliphatic rings. The Kier molecular flexibility index (Phi) is 5.84. The second kappa shape index (κ2) is 7.53. The third-order valence-corrected chi connectivity index (χ3v) is 6.53. The largest absolute Gasteiger partial charge is 0.349 e. The van der Waals surface area contributed by atoms with Crippen molar-refractivity contribution < 1.29 is 13.2 Å². The lowest BCUT2D eigenvalue weighted by Gasteiger charge is -2.10. The zero-order valence-electron chi connectivity index (χ0n) is 15.0. The summed E-state index contributed by atoms with van der Waals surface area (Å²) in [6, 6.07) is 5.18. The van der Waals surface area contributed by atoms with E-state index in [0.29, 0.717) is 16.1 Å². The molecule has 1 atom stereocenters. The van der Waals surface area contributed by atoms with Gasteiger partial charge in [-0.2, -0.15) is 0 Å². The molecule has 1 aromatic heterocycles. The van der Waals surface area contributed by atoms with E-state index in [1.165, 1.54) is 0 Å². The van der Waals surface area contributed by atoms with E-state index >= 15 is 0 Å². The Labute approximate surface area is 152 Å². The summed E-state index contributed by atoms with van der Waals surface area (Å²) in [5, 5.41) is 3.05. The minimum Gasteiger partial charge on any atom is -0.349 e. The summed E-state index contributed by atoms with van der Waals surface area (Å²) in [5.41, 5.74) is 2.16. The summed E-state index contributed by atoms with van der Waals surface area (Å²) in [6.07, 6.45) is 0.815. The number of anilines is 1. The molecule has 6 nitrogen and oxygen atoms in total. The highest BCUT2D eigenvalue weighted by Crippen LogP contribution is 2.26. The van der Waals surface area contributed by atoms with Gasteiger partial charge in [0.15, 0.2) is 5.13 Å². The van der Waals surface area contributed by atoms with Gasteiger partial charge in [0.05, 0.1) is 10.6 Å². The second-order valence-electron chi connectivity index (χ2n) is 6.09. The third kappa shape index (κ3) is 4.58. The van der Waals surface area contributed by atoms with Gasteiger partial charge in [0.1, 0.15) is 4.88 Å². The predicted molar refractivity (Wildman–Crippen MR) is 101 cm³/mol. The average Bonchev–Trinajstić information content (AvgIpc) is 2.86. The molecule has 0 aliphatic carbocycles. The fraction of sp³-hybridized carbons (Fsp3) is 0.412. The first-order valence-corrected chi connectivity index (χ1v) is 10.3. The minimum atomic E-state index is -3.75. The van der Waals surface area contributed by atoms with Gasteiger partial charge in [-0.15, -0.1) is 0 Å². The van der Waals surface area contributed by atoms with Crippen LogP contribution in [0, 0.1) is 20.8 Å². The van der Waals surface area contributed by atoms with E-state index in [2.05, 4.69) is 15.0 Å². The van der Waals surface area contributed by atoms with E-state index in [-0.39, 0.29) is 22.0 Å². The van der Waals surface area contributed by atoms with Crippen LogP contribution in [0.5, 0.6) is 0 Å². The topological polar surface area (TPSA) is 88.2 Å². The van der Waals surface area contributed by atoms with Gasteiger partial charge in [-0.3, -0.25) is 9.52 Å². The van der Waals surface area contributed by atoms with E-state index in [9.17, 15) is 13.2 Å². The van der Waals surface area contributed by atoms with Gasteiger partial charge in [-0.25, -0.2) is 13.4 Å². The van der Waals surface area contributed by atoms with Crippen LogP contribution in [0.15, 0.2) is 23.1 Å². The molecule has 1 unspecified atom stereocenters. The molecule has 0 fully saturated rings. The molecule has 2 aromatic rings. The molecule has 0 bridgehead atoms. The second-order valence-corrected chi connectivity index (χ2v) is 8.74. The van der Waals surface area contributed by atoms with E-state index in [1.54, 1.807) is 26.0 Å². The molecule has 0 aliphatic heterocycles. The van der Waals surface area contributed by atoms with Crippen molar-refractivity contribution in [1.29, 1.82) is 0 Å². The highest BCUT2D eigenvalue weighted by molar-refractivity contribution is 7.93. The van der Waals surface area contributed by atoms with Crippen molar-refractivity contribution in [2.24, 2.45) is 0 Å². The first-order valence-electron chi connectivity index (χ1n) is 8.02. The van der Waals surface area contributed by atoms with Crippen LogP contribution in [-0.2, 0) is 10.0 Å². The van der Waals surface area contributed by atoms with Crippen LogP contribution in [0.3, 0.4) is 0 Å². The number of carbonyl (C=O) groups excluding carboxylic acids is 1. The summed E-state index contributed by atoms with van der Waals surface area (Å²) >= 11 is 1.04. The zero-order valence-corrected chi connectivity index (χ0v) is 16.6. The van der Waals surface area contributed by atoms with Gasteiger partial charge in [-0.05, 0) is 45.7 Å². The van der Waals surface area contributed by atoms with Crippen LogP contribution in [0.25, 0.3) is 0 Å². The number of thiazole rings is 1. The number of hydrogen-bond acceptors (Lipinski definition) is 5. The van der Waals surface area contributed by atoms with Crippen molar-refractivity contribution in [2.45, 2.75) is 52.0 Å². The van der Waals surface area contributed by atoms with Crippen molar-refractivity contribution >= 4 is 32.4 Å². The number of nitrogens with zero attached hydrogens (tertiary/aromatic N) is 1. The van der Waals surface area contributed by atoms with Crippen molar-refractivity contribution in [3.63, 3.8) is 0 Å². The van der Waals surface area contributed by atoms with Crippen LogP contribution < -0.4 is 10.0 Å². The van der Waals surface area contributed by atoms with E-state index in [0.717, 1.165) is 23.3 Å². The van der Waals surface area contributed by atoms with E-state index < -0.39 is 10.0 Å². The molecule has 2 N–H and O–H groups in total. The number of aromatic nitrogens is 1. The maximum atomic E-state index is 12.6. The van der Waals surface area contributed by atoms with Gasteiger partial charge >= 0.3 is 0 Å². The average molecular weight is 382 g/mol. The Balaban J connectivity index is 2.26. The maximum Gasteiger partial charge on any atom is 0.263 e. The number of sulfonamides is 1. The Hall–Kier alpha value is -1.93. The normalized spacial score (nSPS) is 12.7. The van der Waals surface area contributed by atoms with Crippen LogP contribution >= 0.6 is 11.3 Å². The molecule has 1 aromatic carbocycles. The summed E-state index contributed by atoms with van der Waals surface area (Å²) in [6.45, 7) is 9.24. The maximum absolute atomic E-state index is 12.6. The number of benzene rings is 1. The lowest BCUT2D eigenvalue weighted by molar-refractivity contribution is 0.0942.